The summed E-state index contributed by atoms with van der Waals surface area (Å²) in [6.45, 7) is 3.69. The Kier molecular flexibility index (Phi) is 6.15. The molecule has 1 aliphatic carbocycles. The van der Waals surface area contributed by atoms with Crippen LogP contribution in [0.4, 0.5) is 0 Å². The number of halogens is 1. The first-order valence-corrected chi connectivity index (χ1v) is 11.0. The molecule has 0 aromatic heterocycles. The van der Waals surface area contributed by atoms with Crippen molar-refractivity contribution >= 4 is 28.3 Å². The number of sulfonamides is 1. The summed E-state index contributed by atoms with van der Waals surface area (Å²) in [5, 5.41) is 6.38. The molecule has 4 rings (SSSR count). The second-order valence-corrected chi connectivity index (χ2v) is 9.78. The first-order chi connectivity index (χ1) is 12.5. The minimum Gasteiger partial charge on any atom is -0.352 e. The zero-order valence-corrected chi connectivity index (χ0v) is 17.1. The number of hydrogen-bond donors (Lipinski definition) is 2. The molecular weight excluding hydrogens is 386 g/mol. The van der Waals surface area contributed by atoms with Gasteiger partial charge in [-0.2, -0.15) is 4.31 Å². The van der Waals surface area contributed by atoms with Gasteiger partial charge in [0.15, 0.2) is 0 Å². The molecule has 1 unspecified atom stereocenters. The number of nitrogens with zero attached hydrogens (tertiary/aromatic N) is 1. The fraction of sp³-hybridized carbons (Fsp3) is 0.632. The monoisotopic (exact) mass is 413 g/mol. The third kappa shape index (κ3) is 4.16. The van der Waals surface area contributed by atoms with Gasteiger partial charge >= 0.3 is 0 Å². The average Bonchev–Trinajstić information content (AvgIpc) is 3.09. The van der Waals surface area contributed by atoms with Crippen molar-refractivity contribution in [2.75, 3.05) is 26.2 Å². The van der Waals surface area contributed by atoms with Gasteiger partial charge in [0.1, 0.15) is 0 Å². The second kappa shape index (κ2) is 8.07. The van der Waals surface area contributed by atoms with Gasteiger partial charge in [-0.3, -0.25) is 4.79 Å². The van der Waals surface area contributed by atoms with Crippen molar-refractivity contribution in [3.63, 3.8) is 0 Å². The summed E-state index contributed by atoms with van der Waals surface area (Å²) in [6.07, 6.45) is 5.06. The van der Waals surface area contributed by atoms with Gasteiger partial charge in [-0.05, 0) is 68.3 Å². The molecule has 3 fully saturated rings. The summed E-state index contributed by atoms with van der Waals surface area (Å²) in [6, 6.07) is 6.91. The summed E-state index contributed by atoms with van der Waals surface area (Å²) < 4.78 is 26.6. The Morgan fingerprint density at radius 3 is 2.41 bits per heavy atom. The fourth-order valence-corrected chi connectivity index (χ4v) is 5.88. The maximum Gasteiger partial charge on any atom is 0.243 e. The molecule has 2 aliphatic heterocycles. The normalized spacial score (nSPS) is 24.4. The lowest BCUT2D eigenvalue weighted by molar-refractivity contribution is -0.123. The van der Waals surface area contributed by atoms with E-state index in [0.717, 1.165) is 50.8 Å². The quantitative estimate of drug-likeness (QED) is 0.772. The average molecular weight is 414 g/mol. The van der Waals surface area contributed by atoms with E-state index < -0.39 is 10.0 Å². The maximum absolute atomic E-state index is 12.5. The smallest absolute Gasteiger partial charge is 0.243 e. The topological polar surface area (TPSA) is 78.5 Å². The molecule has 0 bridgehead atoms. The van der Waals surface area contributed by atoms with Gasteiger partial charge in [-0.1, -0.05) is 12.1 Å². The van der Waals surface area contributed by atoms with Gasteiger partial charge in [-0.25, -0.2) is 8.42 Å². The molecule has 2 N–H and O–H groups in total. The molecule has 150 valence electrons. The third-order valence-electron chi connectivity index (χ3n) is 6.20. The van der Waals surface area contributed by atoms with Crippen molar-refractivity contribution in [1.29, 1.82) is 0 Å². The molecule has 6 nitrogen and oxygen atoms in total. The van der Waals surface area contributed by atoms with Gasteiger partial charge in [0.2, 0.25) is 15.9 Å². The van der Waals surface area contributed by atoms with Crippen LogP contribution in [0.1, 0.15) is 37.7 Å². The lowest BCUT2D eigenvalue weighted by Gasteiger charge is -2.23. The summed E-state index contributed by atoms with van der Waals surface area (Å²) in [4.78, 5) is 12.8. The van der Waals surface area contributed by atoms with Crippen molar-refractivity contribution in [2.24, 2.45) is 11.3 Å². The minimum atomic E-state index is -3.37. The highest BCUT2D eigenvalue weighted by Gasteiger charge is 2.57. The van der Waals surface area contributed by atoms with Crippen LogP contribution in [0.3, 0.4) is 0 Å². The predicted octanol–water partition coefficient (Wildman–Crippen LogP) is 1.90. The van der Waals surface area contributed by atoms with Crippen molar-refractivity contribution < 1.29 is 13.2 Å². The van der Waals surface area contributed by atoms with E-state index in [1.54, 1.807) is 28.6 Å². The Bertz CT molecular complexity index is 770. The van der Waals surface area contributed by atoms with Gasteiger partial charge in [0.25, 0.3) is 0 Å². The number of hydrogen-bond acceptors (Lipinski definition) is 4. The zero-order chi connectivity index (χ0) is 18.2. The molecule has 0 radical (unpaired) electrons. The van der Waals surface area contributed by atoms with E-state index >= 15 is 0 Å². The maximum atomic E-state index is 12.5. The third-order valence-corrected chi connectivity index (χ3v) is 8.11. The molecule has 3 aliphatic rings. The first kappa shape index (κ1) is 20.6. The minimum absolute atomic E-state index is 0. The van der Waals surface area contributed by atoms with Crippen LogP contribution in [0, 0.1) is 11.3 Å². The summed E-state index contributed by atoms with van der Waals surface area (Å²) >= 11 is 0. The van der Waals surface area contributed by atoms with Crippen molar-refractivity contribution in [3.8, 4) is 0 Å². The molecule has 1 spiro atoms. The molecule has 1 aromatic carbocycles. The Labute approximate surface area is 167 Å². The highest BCUT2D eigenvalue weighted by atomic mass is 35.5. The number of carbonyl (C=O) groups is 1. The van der Waals surface area contributed by atoms with Gasteiger partial charge in [-0.15, -0.1) is 12.4 Å². The van der Waals surface area contributed by atoms with Gasteiger partial charge in [0, 0.05) is 25.6 Å². The van der Waals surface area contributed by atoms with Crippen LogP contribution in [-0.2, 0) is 21.4 Å². The Morgan fingerprint density at radius 1 is 1.15 bits per heavy atom. The number of nitrogens with one attached hydrogen (secondary N) is 2. The van der Waals surface area contributed by atoms with Crippen LogP contribution in [0.15, 0.2) is 29.2 Å². The van der Waals surface area contributed by atoms with E-state index in [-0.39, 0.29) is 29.6 Å². The van der Waals surface area contributed by atoms with Crippen LogP contribution in [-0.4, -0.2) is 44.8 Å². The van der Waals surface area contributed by atoms with E-state index in [4.69, 9.17) is 0 Å². The van der Waals surface area contributed by atoms with E-state index in [1.165, 1.54) is 0 Å². The fourth-order valence-electron chi connectivity index (χ4n) is 4.36. The number of rotatable bonds is 5. The first-order valence-electron chi connectivity index (χ1n) is 9.59. The largest absolute Gasteiger partial charge is 0.352 e. The number of benzene rings is 1. The molecule has 1 aromatic rings. The van der Waals surface area contributed by atoms with Crippen molar-refractivity contribution in [2.45, 2.75) is 43.5 Å². The van der Waals surface area contributed by atoms with Gasteiger partial charge in [0.05, 0.1) is 4.90 Å². The zero-order valence-electron chi connectivity index (χ0n) is 15.4. The number of carbonyl (C=O) groups excluding carboxylic acids is 1. The molecule has 1 amide bonds. The summed E-state index contributed by atoms with van der Waals surface area (Å²) in [5.41, 5.74) is 1.17. The highest BCUT2D eigenvalue weighted by molar-refractivity contribution is 7.89. The van der Waals surface area contributed by atoms with E-state index in [0.29, 0.717) is 24.5 Å². The molecule has 8 heteroatoms. The highest BCUT2D eigenvalue weighted by Crippen LogP contribution is 2.58. The van der Waals surface area contributed by atoms with Gasteiger partial charge < -0.3 is 10.6 Å². The second-order valence-electron chi connectivity index (χ2n) is 7.84. The van der Waals surface area contributed by atoms with Crippen molar-refractivity contribution in [3.05, 3.63) is 29.8 Å². The van der Waals surface area contributed by atoms with Crippen LogP contribution >= 0.6 is 12.4 Å². The standard InChI is InChI=1S/C19H27N3O3S.ClH/c23-18(17-13-19(17)7-9-20-10-8-19)21-14-15-3-5-16(6-4-15)26(24,25)22-11-1-2-12-22;/h3-6,17,20H,1-2,7-14H2,(H,21,23);1H. The molecular formula is C19H28ClN3O3S. The van der Waals surface area contributed by atoms with E-state index in [1.807, 2.05) is 0 Å². The predicted molar refractivity (Wildman–Crippen MR) is 106 cm³/mol. The Hall–Kier alpha value is -1.15. The van der Waals surface area contributed by atoms with Crippen LogP contribution in [0.25, 0.3) is 0 Å². The van der Waals surface area contributed by atoms with Crippen LogP contribution < -0.4 is 10.6 Å². The summed E-state index contributed by atoms with van der Waals surface area (Å²) in [7, 11) is -3.37. The molecule has 2 heterocycles. The molecule has 1 saturated carbocycles. The van der Waals surface area contributed by atoms with Crippen molar-refractivity contribution in [1.82, 2.24) is 14.9 Å². The lowest BCUT2D eigenvalue weighted by Crippen LogP contribution is -2.33. The van der Waals surface area contributed by atoms with Crippen LogP contribution in [0.5, 0.6) is 0 Å². The molecule has 2 saturated heterocycles. The molecule has 1 atom stereocenters. The number of amides is 1. The van der Waals surface area contributed by atoms with E-state index in [9.17, 15) is 13.2 Å². The Balaban J connectivity index is 0.00000210. The number of piperidine rings is 1. The summed E-state index contributed by atoms with van der Waals surface area (Å²) in [5.74, 6) is 0.292. The molecule has 27 heavy (non-hydrogen) atoms. The lowest BCUT2D eigenvalue weighted by atomic mass is 9.92. The Morgan fingerprint density at radius 2 is 1.78 bits per heavy atom. The van der Waals surface area contributed by atoms with Crippen LogP contribution in [0.2, 0.25) is 0 Å². The SMILES string of the molecule is Cl.O=C(NCc1ccc(S(=O)(=O)N2CCCC2)cc1)C1CC12CCNCC2. The van der Waals surface area contributed by atoms with E-state index in [2.05, 4.69) is 10.6 Å².